The van der Waals surface area contributed by atoms with Crippen molar-refractivity contribution in [3.63, 3.8) is 0 Å². The molecule has 1 rings (SSSR count). The van der Waals surface area contributed by atoms with Crippen LogP contribution < -0.4 is 10.6 Å². The molecule has 0 heterocycles. The van der Waals surface area contributed by atoms with E-state index in [9.17, 15) is 9.59 Å². The van der Waals surface area contributed by atoms with Crippen molar-refractivity contribution in [2.75, 3.05) is 11.9 Å². The fourth-order valence-corrected chi connectivity index (χ4v) is 1.66. The summed E-state index contributed by atoms with van der Waals surface area (Å²) in [6.45, 7) is 3.49. The van der Waals surface area contributed by atoms with Crippen molar-refractivity contribution in [1.82, 2.24) is 5.32 Å². The Kier molecular flexibility index (Phi) is 5.32. The van der Waals surface area contributed by atoms with Crippen molar-refractivity contribution in [3.8, 4) is 0 Å². The molecule has 0 fully saturated rings. The molecule has 0 spiro atoms. The zero-order valence-electron chi connectivity index (χ0n) is 10.9. The molecule has 0 aliphatic carbocycles. The number of hydrogen-bond donors (Lipinski definition) is 4. The quantitative estimate of drug-likeness (QED) is 0.644. The molecule has 0 saturated heterocycles. The molecule has 1 aromatic rings. The van der Waals surface area contributed by atoms with Crippen molar-refractivity contribution in [2.45, 2.75) is 26.3 Å². The van der Waals surface area contributed by atoms with Crippen LogP contribution in [-0.4, -0.2) is 34.9 Å². The van der Waals surface area contributed by atoms with Crippen molar-refractivity contribution in [1.29, 1.82) is 0 Å². The first-order valence-corrected chi connectivity index (χ1v) is 5.92. The van der Waals surface area contributed by atoms with Gasteiger partial charge in [0.25, 0.3) is 0 Å². The fourth-order valence-electron chi connectivity index (χ4n) is 1.66. The average Bonchev–Trinajstić information content (AvgIpc) is 2.32. The highest BCUT2D eigenvalue weighted by Crippen LogP contribution is 2.15. The average molecular weight is 266 g/mol. The number of aliphatic hydroxyl groups is 1. The SMILES string of the molecule is Cc1ccc(NC(=O)N[C@@H](CCO)C(=O)O)c(C)c1. The molecule has 0 bridgehead atoms. The standard InChI is InChI=1S/C13H18N2O4/c1-8-3-4-10(9(2)7-8)14-13(19)15-11(5-6-16)12(17)18/h3-4,7,11,16H,5-6H2,1-2H3,(H,17,18)(H2,14,15,19)/t11-/m0/s1. The summed E-state index contributed by atoms with van der Waals surface area (Å²) in [7, 11) is 0. The van der Waals surface area contributed by atoms with Gasteiger partial charge in [-0.2, -0.15) is 0 Å². The number of carbonyl (C=O) groups is 2. The molecule has 0 saturated carbocycles. The van der Waals surface area contributed by atoms with Crippen LogP contribution in [0.5, 0.6) is 0 Å². The minimum atomic E-state index is -1.18. The van der Waals surface area contributed by atoms with Crippen LogP contribution in [0.1, 0.15) is 17.5 Å². The molecule has 19 heavy (non-hydrogen) atoms. The van der Waals surface area contributed by atoms with Crippen LogP contribution in [0.3, 0.4) is 0 Å². The molecule has 0 aliphatic heterocycles. The number of aryl methyl sites for hydroxylation is 2. The number of benzene rings is 1. The Balaban J connectivity index is 2.66. The predicted molar refractivity (Wildman–Crippen MR) is 71.2 cm³/mol. The second-order valence-corrected chi connectivity index (χ2v) is 4.32. The summed E-state index contributed by atoms with van der Waals surface area (Å²) in [6.07, 6.45) is -0.0321. The van der Waals surface area contributed by atoms with Gasteiger partial charge in [-0.1, -0.05) is 17.7 Å². The minimum absolute atomic E-state index is 0.0321. The molecule has 0 unspecified atom stereocenters. The smallest absolute Gasteiger partial charge is 0.326 e. The highest BCUT2D eigenvalue weighted by molar-refractivity contribution is 5.92. The fraction of sp³-hybridized carbons (Fsp3) is 0.385. The van der Waals surface area contributed by atoms with Crippen LogP contribution in [0.2, 0.25) is 0 Å². The van der Waals surface area contributed by atoms with Crippen molar-refractivity contribution < 1.29 is 19.8 Å². The van der Waals surface area contributed by atoms with E-state index in [1.54, 1.807) is 6.07 Å². The van der Waals surface area contributed by atoms with Crippen molar-refractivity contribution >= 4 is 17.7 Å². The molecule has 4 N–H and O–H groups in total. The number of nitrogens with one attached hydrogen (secondary N) is 2. The van der Waals surface area contributed by atoms with E-state index in [0.717, 1.165) is 11.1 Å². The third-order valence-corrected chi connectivity index (χ3v) is 2.65. The third kappa shape index (κ3) is 4.59. The Morgan fingerprint density at radius 1 is 1.32 bits per heavy atom. The second kappa shape index (κ2) is 6.75. The Morgan fingerprint density at radius 2 is 2.00 bits per heavy atom. The predicted octanol–water partition coefficient (Wildman–Crippen LogP) is 1.26. The maximum atomic E-state index is 11.7. The molecule has 0 radical (unpaired) electrons. The van der Waals surface area contributed by atoms with Gasteiger partial charge in [-0.15, -0.1) is 0 Å². The zero-order chi connectivity index (χ0) is 14.4. The maximum Gasteiger partial charge on any atom is 0.326 e. The van der Waals surface area contributed by atoms with Gasteiger partial charge in [0.05, 0.1) is 0 Å². The van der Waals surface area contributed by atoms with Crippen LogP contribution >= 0.6 is 0 Å². The first-order valence-electron chi connectivity index (χ1n) is 5.92. The van der Waals surface area contributed by atoms with E-state index in [1.807, 2.05) is 26.0 Å². The number of hydrogen-bond acceptors (Lipinski definition) is 3. The summed E-state index contributed by atoms with van der Waals surface area (Å²) < 4.78 is 0. The third-order valence-electron chi connectivity index (χ3n) is 2.65. The Morgan fingerprint density at radius 3 is 2.53 bits per heavy atom. The molecule has 6 heteroatoms. The molecule has 1 atom stereocenters. The summed E-state index contributed by atoms with van der Waals surface area (Å²) >= 11 is 0. The van der Waals surface area contributed by atoms with E-state index < -0.39 is 18.0 Å². The number of carboxylic acids is 1. The molecule has 6 nitrogen and oxygen atoms in total. The van der Waals surface area contributed by atoms with Gasteiger partial charge in [-0.3, -0.25) is 0 Å². The number of aliphatic hydroxyl groups excluding tert-OH is 1. The number of carbonyl (C=O) groups excluding carboxylic acids is 1. The number of amides is 2. The van der Waals surface area contributed by atoms with Gasteiger partial charge in [0.2, 0.25) is 0 Å². The minimum Gasteiger partial charge on any atom is -0.480 e. The summed E-state index contributed by atoms with van der Waals surface area (Å²) in [5.74, 6) is -1.18. The zero-order valence-corrected chi connectivity index (χ0v) is 10.9. The second-order valence-electron chi connectivity index (χ2n) is 4.32. The number of urea groups is 1. The summed E-state index contributed by atoms with van der Waals surface area (Å²) in [4.78, 5) is 22.5. The summed E-state index contributed by atoms with van der Waals surface area (Å²) in [5.41, 5.74) is 2.59. The lowest BCUT2D eigenvalue weighted by atomic mass is 10.1. The van der Waals surface area contributed by atoms with Gasteiger partial charge in [-0.05, 0) is 25.5 Å². The van der Waals surface area contributed by atoms with E-state index in [2.05, 4.69) is 10.6 Å². The lowest BCUT2D eigenvalue weighted by Crippen LogP contribution is -2.43. The van der Waals surface area contributed by atoms with Gasteiger partial charge >= 0.3 is 12.0 Å². The Labute approximate surface area is 111 Å². The van der Waals surface area contributed by atoms with Gasteiger partial charge in [0.15, 0.2) is 0 Å². The van der Waals surface area contributed by atoms with Gasteiger partial charge in [0.1, 0.15) is 6.04 Å². The number of rotatable bonds is 5. The van der Waals surface area contributed by atoms with Gasteiger partial charge < -0.3 is 20.8 Å². The molecular weight excluding hydrogens is 248 g/mol. The van der Waals surface area contributed by atoms with Gasteiger partial charge in [-0.25, -0.2) is 9.59 Å². The Hall–Kier alpha value is -2.08. The van der Waals surface area contributed by atoms with Crippen LogP contribution in [0.4, 0.5) is 10.5 Å². The summed E-state index contributed by atoms with van der Waals surface area (Å²) in [6, 6.07) is 3.82. The molecular formula is C13H18N2O4. The van der Waals surface area contributed by atoms with Crippen LogP contribution in [0, 0.1) is 13.8 Å². The van der Waals surface area contributed by atoms with E-state index in [1.165, 1.54) is 0 Å². The topological polar surface area (TPSA) is 98.7 Å². The van der Waals surface area contributed by atoms with E-state index in [4.69, 9.17) is 10.2 Å². The molecule has 2 amide bonds. The first-order chi connectivity index (χ1) is 8.93. The highest BCUT2D eigenvalue weighted by Gasteiger charge is 2.19. The van der Waals surface area contributed by atoms with Gasteiger partial charge in [0, 0.05) is 18.7 Å². The van der Waals surface area contributed by atoms with E-state index in [0.29, 0.717) is 5.69 Å². The summed E-state index contributed by atoms with van der Waals surface area (Å²) in [5, 5.41) is 22.5. The lowest BCUT2D eigenvalue weighted by Gasteiger charge is -2.15. The van der Waals surface area contributed by atoms with Crippen molar-refractivity contribution in [2.24, 2.45) is 0 Å². The number of anilines is 1. The van der Waals surface area contributed by atoms with E-state index >= 15 is 0 Å². The molecule has 0 aliphatic rings. The maximum absolute atomic E-state index is 11.7. The Bertz CT molecular complexity index is 474. The first kappa shape index (κ1) is 15.0. The molecule has 104 valence electrons. The molecule has 0 aromatic heterocycles. The lowest BCUT2D eigenvalue weighted by molar-refractivity contribution is -0.139. The number of carboxylic acid groups (broad SMARTS) is 1. The van der Waals surface area contributed by atoms with Crippen LogP contribution in [0.15, 0.2) is 18.2 Å². The van der Waals surface area contributed by atoms with Crippen molar-refractivity contribution in [3.05, 3.63) is 29.3 Å². The normalized spacial score (nSPS) is 11.7. The highest BCUT2D eigenvalue weighted by atomic mass is 16.4. The number of aliphatic carboxylic acids is 1. The van der Waals surface area contributed by atoms with Crippen LogP contribution in [-0.2, 0) is 4.79 Å². The largest absolute Gasteiger partial charge is 0.480 e. The molecule has 1 aromatic carbocycles. The van der Waals surface area contributed by atoms with E-state index in [-0.39, 0.29) is 13.0 Å². The monoisotopic (exact) mass is 266 g/mol. The van der Waals surface area contributed by atoms with Crippen LogP contribution in [0.25, 0.3) is 0 Å².